The van der Waals surface area contributed by atoms with E-state index in [1.165, 1.54) is 13.2 Å². The summed E-state index contributed by atoms with van der Waals surface area (Å²) < 4.78 is 37.0. The SMILES string of the molecule is C/C=C1\[C@H](O[C@H]2O[C@@H](CO[C@@H]3O[C@H](CO)[C@@H](O)[C@H](O)[C@H]3O)[C@H](O)[C@@H](O)[C@@H]2O)OC=C(C(=O)OC)[C@H]1CC(=O)OC. The Hall–Kier alpha value is -2.22. The van der Waals surface area contributed by atoms with Crippen molar-refractivity contribution < 1.29 is 78.5 Å². The van der Waals surface area contributed by atoms with E-state index in [2.05, 4.69) is 0 Å². The highest BCUT2D eigenvalue weighted by Crippen LogP contribution is 2.36. The van der Waals surface area contributed by atoms with Crippen LogP contribution in [-0.2, 0) is 42.7 Å². The Labute approximate surface area is 228 Å². The minimum atomic E-state index is -1.80. The second kappa shape index (κ2) is 14.1. The first-order chi connectivity index (χ1) is 19.0. The van der Waals surface area contributed by atoms with Crippen molar-refractivity contribution >= 4 is 11.9 Å². The van der Waals surface area contributed by atoms with Crippen molar-refractivity contribution in [3.05, 3.63) is 23.5 Å². The molecule has 0 aromatic rings. The Bertz CT molecular complexity index is 936. The predicted molar refractivity (Wildman–Crippen MR) is 126 cm³/mol. The smallest absolute Gasteiger partial charge is 0.337 e. The fourth-order valence-corrected chi connectivity index (χ4v) is 4.56. The van der Waals surface area contributed by atoms with Crippen LogP contribution in [0.5, 0.6) is 0 Å². The maximum atomic E-state index is 12.3. The van der Waals surface area contributed by atoms with Gasteiger partial charge in [0, 0.05) is 11.5 Å². The lowest BCUT2D eigenvalue weighted by Gasteiger charge is -2.43. The van der Waals surface area contributed by atoms with Crippen molar-refractivity contribution in [1.82, 2.24) is 0 Å². The van der Waals surface area contributed by atoms with Crippen molar-refractivity contribution in [2.75, 3.05) is 27.4 Å². The standard InChI is InChI=1S/C24H36O16/c1-4-9-10(5-14(26)34-2)11(21(33)35-3)7-36-22(9)40-24-20(32)18(30)16(28)13(39-24)8-37-23-19(31)17(29)15(27)12(6-25)38-23/h4,7,10,12-13,15-20,22-25,27-32H,5-6,8H2,1-3H3/b9-4-/t10-,12+,13-,15+,16-,17-,18+,19+,20-,22-,23+,24+/m0/s1. The maximum Gasteiger partial charge on any atom is 0.337 e. The fourth-order valence-electron chi connectivity index (χ4n) is 4.56. The third-order valence-electron chi connectivity index (χ3n) is 6.92. The molecule has 0 spiro atoms. The molecule has 7 N–H and O–H groups in total. The van der Waals surface area contributed by atoms with Crippen LogP contribution in [0.4, 0.5) is 0 Å². The highest BCUT2D eigenvalue weighted by molar-refractivity contribution is 5.90. The summed E-state index contributed by atoms with van der Waals surface area (Å²) in [6, 6.07) is 0. The Morgan fingerprint density at radius 1 is 0.875 bits per heavy atom. The van der Waals surface area contributed by atoms with E-state index >= 15 is 0 Å². The molecule has 16 nitrogen and oxygen atoms in total. The zero-order valence-electron chi connectivity index (χ0n) is 22.0. The molecule has 0 saturated carbocycles. The molecular weight excluding hydrogens is 544 g/mol. The number of ether oxygens (including phenoxy) is 7. The van der Waals surface area contributed by atoms with Crippen LogP contribution in [0.3, 0.4) is 0 Å². The number of rotatable bonds is 9. The average molecular weight is 581 g/mol. The summed E-state index contributed by atoms with van der Waals surface area (Å²) >= 11 is 0. The molecule has 3 heterocycles. The van der Waals surface area contributed by atoms with Gasteiger partial charge in [-0.1, -0.05) is 6.08 Å². The molecule has 0 amide bonds. The minimum absolute atomic E-state index is 0.00669. The van der Waals surface area contributed by atoms with Crippen LogP contribution >= 0.6 is 0 Å². The van der Waals surface area contributed by atoms with E-state index in [0.29, 0.717) is 0 Å². The van der Waals surface area contributed by atoms with Gasteiger partial charge < -0.3 is 68.9 Å². The molecule has 3 aliphatic rings. The molecule has 0 radical (unpaired) electrons. The summed E-state index contributed by atoms with van der Waals surface area (Å²) in [5.74, 6) is -2.28. The lowest BCUT2D eigenvalue weighted by atomic mass is 9.86. The quantitative estimate of drug-likeness (QED) is 0.102. The van der Waals surface area contributed by atoms with Crippen LogP contribution in [0.15, 0.2) is 23.5 Å². The van der Waals surface area contributed by atoms with Crippen molar-refractivity contribution in [1.29, 1.82) is 0 Å². The lowest BCUT2D eigenvalue weighted by Crippen LogP contribution is -2.62. The van der Waals surface area contributed by atoms with E-state index in [1.807, 2.05) is 0 Å². The molecule has 228 valence electrons. The number of aliphatic hydroxyl groups excluding tert-OH is 7. The van der Waals surface area contributed by atoms with E-state index in [0.717, 1.165) is 13.4 Å². The number of carbonyl (C=O) groups excluding carboxylic acids is 2. The Kier molecular flexibility index (Phi) is 11.4. The number of allylic oxidation sites excluding steroid dienone is 1. The van der Waals surface area contributed by atoms with Gasteiger partial charge in [0.25, 0.3) is 0 Å². The minimum Gasteiger partial charge on any atom is -0.469 e. The van der Waals surface area contributed by atoms with Crippen LogP contribution in [0, 0.1) is 5.92 Å². The molecule has 2 saturated heterocycles. The van der Waals surface area contributed by atoms with Gasteiger partial charge in [-0.25, -0.2) is 4.79 Å². The van der Waals surface area contributed by atoms with Gasteiger partial charge in [0.05, 0.1) is 45.7 Å². The van der Waals surface area contributed by atoms with E-state index in [1.54, 1.807) is 6.92 Å². The van der Waals surface area contributed by atoms with Gasteiger partial charge in [-0.2, -0.15) is 0 Å². The first-order valence-corrected chi connectivity index (χ1v) is 12.4. The Balaban J connectivity index is 1.74. The zero-order chi connectivity index (χ0) is 29.7. The van der Waals surface area contributed by atoms with E-state index in [-0.39, 0.29) is 17.6 Å². The maximum absolute atomic E-state index is 12.3. The summed E-state index contributed by atoms with van der Waals surface area (Å²) in [6.45, 7) is 0.340. The van der Waals surface area contributed by atoms with Crippen molar-refractivity contribution in [2.45, 2.75) is 81.0 Å². The molecule has 40 heavy (non-hydrogen) atoms. The van der Waals surface area contributed by atoms with E-state index in [4.69, 9.17) is 33.2 Å². The van der Waals surface area contributed by atoms with Crippen LogP contribution < -0.4 is 0 Å². The molecule has 3 rings (SSSR count). The fraction of sp³-hybridized carbons (Fsp3) is 0.750. The molecule has 16 heteroatoms. The summed E-state index contributed by atoms with van der Waals surface area (Å²) in [4.78, 5) is 24.3. The summed E-state index contributed by atoms with van der Waals surface area (Å²) in [6.07, 6.45) is -15.2. The van der Waals surface area contributed by atoms with Crippen molar-refractivity contribution in [2.24, 2.45) is 5.92 Å². The van der Waals surface area contributed by atoms with Gasteiger partial charge in [-0.15, -0.1) is 0 Å². The highest BCUT2D eigenvalue weighted by atomic mass is 16.8. The lowest BCUT2D eigenvalue weighted by molar-refractivity contribution is -0.344. The van der Waals surface area contributed by atoms with Crippen molar-refractivity contribution in [3.63, 3.8) is 0 Å². The third-order valence-corrected chi connectivity index (χ3v) is 6.92. The number of hydrogen-bond donors (Lipinski definition) is 7. The molecular formula is C24H36O16. The number of aliphatic hydroxyl groups is 7. The first-order valence-electron chi connectivity index (χ1n) is 12.4. The zero-order valence-corrected chi connectivity index (χ0v) is 22.0. The highest BCUT2D eigenvalue weighted by Gasteiger charge is 2.49. The Morgan fingerprint density at radius 2 is 1.48 bits per heavy atom. The van der Waals surface area contributed by atoms with E-state index < -0.39 is 98.8 Å². The number of carbonyl (C=O) groups is 2. The molecule has 3 aliphatic heterocycles. The first kappa shape index (κ1) is 32.3. The largest absolute Gasteiger partial charge is 0.469 e. The summed E-state index contributed by atoms with van der Waals surface area (Å²) in [5, 5.41) is 70.8. The monoisotopic (exact) mass is 580 g/mol. The normalized spacial score (nSPS) is 41.1. The van der Waals surface area contributed by atoms with Gasteiger partial charge >= 0.3 is 11.9 Å². The number of hydrogen-bond acceptors (Lipinski definition) is 16. The summed E-state index contributed by atoms with van der Waals surface area (Å²) in [7, 11) is 2.33. The van der Waals surface area contributed by atoms with Crippen LogP contribution in [0.1, 0.15) is 13.3 Å². The van der Waals surface area contributed by atoms with Gasteiger partial charge in [0.15, 0.2) is 12.6 Å². The molecule has 0 aliphatic carbocycles. The topological polar surface area (TPSA) is 240 Å². The molecule has 2 fully saturated rings. The van der Waals surface area contributed by atoms with Gasteiger partial charge in [0.1, 0.15) is 48.8 Å². The summed E-state index contributed by atoms with van der Waals surface area (Å²) in [5.41, 5.74) is 0.283. The molecule has 0 bridgehead atoms. The van der Waals surface area contributed by atoms with E-state index in [9.17, 15) is 45.3 Å². The van der Waals surface area contributed by atoms with Gasteiger partial charge in [0.2, 0.25) is 6.29 Å². The third kappa shape index (κ3) is 6.80. The second-order valence-electron chi connectivity index (χ2n) is 9.34. The molecule has 0 aromatic heterocycles. The second-order valence-corrected chi connectivity index (χ2v) is 9.34. The molecule has 0 aromatic carbocycles. The van der Waals surface area contributed by atoms with Crippen LogP contribution in [0.2, 0.25) is 0 Å². The van der Waals surface area contributed by atoms with Crippen LogP contribution in [0.25, 0.3) is 0 Å². The van der Waals surface area contributed by atoms with Gasteiger partial charge in [-0.3, -0.25) is 4.79 Å². The average Bonchev–Trinajstić information content (AvgIpc) is 2.96. The van der Waals surface area contributed by atoms with Gasteiger partial charge in [-0.05, 0) is 6.92 Å². The predicted octanol–water partition coefficient (Wildman–Crippen LogP) is -3.83. The Morgan fingerprint density at radius 3 is 2.05 bits per heavy atom. The number of esters is 2. The number of methoxy groups -OCH3 is 2. The van der Waals surface area contributed by atoms with Crippen LogP contribution in [-0.4, -0.2) is 143 Å². The molecule has 0 unspecified atom stereocenters. The van der Waals surface area contributed by atoms with Crippen molar-refractivity contribution in [3.8, 4) is 0 Å². The molecule has 12 atom stereocenters.